The summed E-state index contributed by atoms with van der Waals surface area (Å²) in [7, 11) is 1.62. The SMILES string of the molecule is COCCOc1cc(C=O)ccc1N1CCOCCOCCOCCOCCOCC1. The minimum absolute atomic E-state index is 0.394. The molecule has 0 aliphatic carbocycles. The van der Waals surface area contributed by atoms with Gasteiger partial charge in [0.1, 0.15) is 18.6 Å². The zero-order valence-corrected chi connectivity index (χ0v) is 18.4. The van der Waals surface area contributed by atoms with Gasteiger partial charge in [0.25, 0.3) is 0 Å². The molecule has 9 heteroatoms. The van der Waals surface area contributed by atoms with Gasteiger partial charge >= 0.3 is 0 Å². The fourth-order valence-electron chi connectivity index (χ4n) is 2.90. The van der Waals surface area contributed by atoms with Gasteiger partial charge in [-0.2, -0.15) is 0 Å². The topological polar surface area (TPSA) is 84.9 Å². The lowest BCUT2D eigenvalue weighted by Gasteiger charge is -2.27. The molecule has 0 amide bonds. The van der Waals surface area contributed by atoms with Crippen molar-refractivity contribution in [3.05, 3.63) is 23.8 Å². The van der Waals surface area contributed by atoms with Crippen LogP contribution in [0.1, 0.15) is 10.4 Å². The van der Waals surface area contributed by atoms with Gasteiger partial charge in [-0.05, 0) is 18.2 Å². The Morgan fingerprint density at radius 1 is 0.806 bits per heavy atom. The maximum Gasteiger partial charge on any atom is 0.150 e. The predicted octanol–water partition coefficient (Wildman–Crippen LogP) is 1.43. The minimum atomic E-state index is 0.394. The maximum atomic E-state index is 11.2. The molecule has 1 heterocycles. The van der Waals surface area contributed by atoms with E-state index < -0.39 is 0 Å². The fourth-order valence-corrected chi connectivity index (χ4v) is 2.90. The van der Waals surface area contributed by atoms with Crippen LogP contribution in [0, 0.1) is 0 Å². The first-order valence-corrected chi connectivity index (χ1v) is 10.7. The van der Waals surface area contributed by atoms with Crippen LogP contribution in [-0.2, 0) is 28.4 Å². The van der Waals surface area contributed by atoms with Gasteiger partial charge in [0.15, 0.2) is 0 Å². The van der Waals surface area contributed by atoms with Crippen LogP contribution in [0.25, 0.3) is 0 Å². The van der Waals surface area contributed by atoms with Crippen molar-refractivity contribution >= 4 is 12.0 Å². The number of methoxy groups -OCH3 is 1. The summed E-state index contributed by atoms with van der Waals surface area (Å²) in [5.41, 5.74) is 1.44. The van der Waals surface area contributed by atoms with Gasteiger partial charge in [0.05, 0.1) is 78.4 Å². The molecule has 1 aromatic carbocycles. The van der Waals surface area contributed by atoms with Gasteiger partial charge in [0, 0.05) is 25.8 Å². The van der Waals surface area contributed by atoms with E-state index in [0.29, 0.717) is 104 Å². The largest absolute Gasteiger partial charge is 0.489 e. The van der Waals surface area contributed by atoms with E-state index in [4.69, 9.17) is 33.2 Å². The second-order valence-electron chi connectivity index (χ2n) is 6.74. The number of carbonyl (C=O) groups excluding carboxylic acids is 1. The second-order valence-corrected chi connectivity index (χ2v) is 6.74. The summed E-state index contributed by atoms with van der Waals surface area (Å²) in [6, 6.07) is 5.42. The molecule has 0 radical (unpaired) electrons. The van der Waals surface area contributed by atoms with E-state index in [1.807, 2.05) is 6.07 Å². The molecule has 0 aromatic heterocycles. The molecule has 0 N–H and O–H groups in total. The molecular formula is C22H35NO8. The van der Waals surface area contributed by atoms with Crippen molar-refractivity contribution in [2.45, 2.75) is 0 Å². The van der Waals surface area contributed by atoms with Crippen LogP contribution in [0.4, 0.5) is 5.69 Å². The molecule has 0 spiro atoms. The first-order chi connectivity index (χ1) is 15.3. The highest BCUT2D eigenvalue weighted by Crippen LogP contribution is 2.29. The van der Waals surface area contributed by atoms with E-state index in [-0.39, 0.29) is 0 Å². The summed E-state index contributed by atoms with van der Waals surface area (Å²) in [5, 5.41) is 0. The fraction of sp³-hybridized carbons (Fsp3) is 0.682. The van der Waals surface area contributed by atoms with Crippen molar-refractivity contribution in [2.75, 3.05) is 104 Å². The average Bonchev–Trinajstić information content (AvgIpc) is 2.79. The Hall–Kier alpha value is -1.75. The molecule has 1 fully saturated rings. The third kappa shape index (κ3) is 10.9. The number of anilines is 1. The number of rotatable bonds is 6. The van der Waals surface area contributed by atoms with Crippen molar-refractivity contribution in [1.82, 2.24) is 0 Å². The quantitative estimate of drug-likeness (QED) is 0.481. The Morgan fingerprint density at radius 3 is 1.81 bits per heavy atom. The molecular weight excluding hydrogens is 406 g/mol. The molecule has 0 unspecified atom stereocenters. The molecule has 1 aromatic rings. The molecule has 0 atom stereocenters. The zero-order valence-electron chi connectivity index (χ0n) is 18.4. The highest BCUT2D eigenvalue weighted by atomic mass is 16.6. The zero-order chi connectivity index (χ0) is 22.0. The smallest absolute Gasteiger partial charge is 0.150 e. The Bertz CT molecular complexity index is 583. The minimum Gasteiger partial charge on any atom is -0.489 e. The molecule has 176 valence electrons. The first kappa shape index (κ1) is 25.5. The number of benzene rings is 1. The summed E-state index contributed by atoms with van der Waals surface area (Å²) >= 11 is 0. The van der Waals surface area contributed by atoms with Crippen LogP contribution in [0.5, 0.6) is 5.75 Å². The van der Waals surface area contributed by atoms with E-state index in [0.717, 1.165) is 12.0 Å². The number of hydrogen-bond donors (Lipinski definition) is 0. The molecule has 2 rings (SSSR count). The number of hydrogen-bond acceptors (Lipinski definition) is 9. The van der Waals surface area contributed by atoms with Gasteiger partial charge in [-0.1, -0.05) is 0 Å². The lowest BCUT2D eigenvalue weighted by molar-refractivity contribution is -0.0116. The second kappa shape index (κ2) is 16.9. The monoisotopic (exact) mass is 441 g/mol. The van der Waals surface area contributed by atoms with E-state index in [1.54, 1.807) is 19.2 Å². The van der Waals surface area contributed by atoms with Crippen LogP contribution in [0.2, 0.25) is 0 Å². The lowest BCUT2D eigenvalue weighted by atomic mass is 10.2. The number of nitrogens with zero attached hydrogens (tertiary/aromatic N) is 1. The van der Waals surface area contributed by atoms with Crippen LogP contribution in [-0.4, -0.2) is 106 Å². The molecule has 31 heavy (non-hydrogen) atoms. The highest BCUT2D eigenvalue weighted by molar-refractivity contribution is 5.78. The first-order valence-electron chi connectivity index (χ1n) is 10.7. The molecule has 9 nitrogen and oxygen atoms in total. The molecule has 1 aliphatic heterocycles. The van der Waals surface area contributed by atoms with Crippen molar-refractivity contribution in [3.63, 3.8) is 0 Å². The van der Waals surface area contributed by atoms with Gasteiger partial charge in [-0.15, -0.1) is 0 Å². The lowest BCUT2D eigenvalue weighted by Crippen LogP contribution is -2.32. The van der Waals surface area contributed by atoms with Gasteiger partial charge in [-0.25, -0.2) is 0 Å². The highest BCUT2D eigenvalue weighted by Gasteiger charge is 2.14. The van der Waals surface area contributed by atoms with Crippen LogP contribution < -0.4 is 9.64 Å². The van der Waals surface area contributed by atoms with Gasteiger partial charge in [-0.3, -0.25) is 4.79 Å². The van der Waals surface area contributed by atoms with Crippen molar-refractivity contribution in [1.29, 1.82) is 0 Å². The molecule has 1 saturated heterocycles. The van der Waals surface area contributed by atoms with Gasteiger partial charge < -0.3 is 38.1 Å². The third-order valence-electron chi connectivity index (χ3n) is 4.50. The molecule has 0 saturated carbocycles. The normalized spacial score (nSPS) is 18.7. The van der Waals surface area contributed by atoms with Crippen LogP contribution >= 0.6 is 0 Å². The summed E-state index contributed by atoms with van der Waals surface area (Å²) in [4.78, 5) is 13.4. The van der Waals surface area contributed by atoms with Crippen LogP contribution in [0.3, 0.4) is 0 Å². The maximum absolute atomic E-state index is 11.2. The van der Waals surface area contributed by atoms with E-state index in [2.05, 4.69) is 4.90 Å². The van der Waals surface area contributed by atoms with Gasteiger partial charge in [0.2, 0.25) is 0 Å². The van der Waals surface area contributed by atoms with E-state index in [9.17, 15) is 4.79 Å². The Balaban J connectivity index is 2.00. The number of ether oxygens (including phenoxy) is 7. The summed E-state index contributed by atoms with van der Waals surface area (Å²) in [6.45, 7) is 7.38. The summed E-state index contributed by atoms with van der Waals surface area (Å²) in [5.74, 6) is 0.635. The Labute approximate surface area is 184 Å². The van der Waals surface area contributed by atoms with Crippen LogP contribution in [0.15, 0.2) is 18.2 Å². The predicted molar refractivity (Wildman–Crippen MR) is 116 cm³/mol. The number of aldehydes is 1. The molecule has 1 aliphatic rings. The number of carbonyl (C=O) groups is 1. The molecule has 0 bridgehead atoms. The summed E-state index contributed by atoms with van der Waals surface area (Å²) < 4.78 is 38.8. The average molecular weight is 442 g/mol. The van der Waals surface area contributed by atoms with Crippen molar-refractivity contribution in [3.8, 4) is 5.75 Å². The van der Waals surface area contributed by atoms with E-state index >= 15 is 0 Å². The summed E-state index contributed by atoms with van der Waals surface area (Å²) in [6.07, 6.45) is 0.809. The van der Waals surface area contributed by atoms with Crippen molar-refractivity contribution in [2.24, 2.45) is 0 Å². The standard InChI is InChI=1S/C22H35NO8/c1-25-8-17-31-22-18-20(19-24)2-3-21(22)23-4-6-26-9-11-28-13-15-30-16-14-29-12-10-27-7-5-23/h2-3,18-19H,4-17H2,1H3. The Kier molecular flexibility index (Phi) is 13.9. The van der Waals surface area contributed by atoms with E-state index in [1.165, 1.54) is 0 Å². The third-order valence-corrected chi connectivity index (χ3v) is 4.50. The Morgan fingerprint density at radius 2 is 1.32 bits per heavy atom. The van der Waals surface area contributed by atoms with Crippen molar-refractivity contribution < 1.29 is 38.0 Å².